The third-order valence-electron chi connectivity index (χ3n) is 2.47. The van der Waals surface area contributed by atoms with Gasteiger partial charge in [0.2, 0.25) is 10.0 Å². The zero-order valence-electron chi connectivity index (χ0n) is 9.29. The van der Waals surface area contributed by atoms with Gasteiger partial charge >= 0.3 is 0 Å². The normalized spacial score (nSPS) is 11.5. The Balaban J connectivity index is 3.43. The molecule has 1 aromatic rings. The Morgan fingerprint density at radius 3 is 2.27 bits per heavy atom. The van der Waals surface area contributed by atoms with Gasteiger partial charge in [-0.05, 0) is 44.2 Å². The fourth-order valence-corrected chi connectivity index (χ4v) is 2.42. The van der Waals surface area contributed by atoms with E-state index < -0.39 is 10.0 Å². The minimum absolute atomic E-state index is 0.295. The van der Waals surface area contributed by atoms with Crippen LogP contribution in [0.4, 0.5) is 0 Å². The summed E-state index contributed by atoms with van der Waals surface area (Å²) in [4.78, 5) is 0.295. The Kier molecular flexibility index (Phi) is 3.36. The van der Waals surface area contributed by atoms with Crippen molar-refractivity contribution in [2.24, 2.45) is 0 Å². The van der Waals surface area contributed by atoms with Crippen molar-refractivity contribution in [3.8, 4) is 5.75 Å². The summed E-state index contributed by atoms with van der Waals surface area (Å²) in [6.45, 7) is 3.60. The summed E-state index contributed by atoms with van der Waals surface area (Å²) >= 11 is 0. The third kappa shape index (κ3) is 2.13. The van der Waals surface area contributed by atoms with Crippen molar-refractivity contribution < 1.29 is 13.2 Å². The summed E-state index contributed by atoms with van der Waals surface area (Å²) < 4.78 is 30.6. The molecular formula is C10H15NO3S. The Morgan fingerprint density at radius 1 is 1.20 bits per heavy atom. The first-order chi connectivity index (χ1) is 6.94. The van der Waals surface area contributed by atoms with E-state index in [0.29, 0.717) is 16.2 Å². The largest absolute Gasteiger partial charge is 0.496 e. The van der Waals surface area contributed by atoms with E-state index >= 15 is 0 Å². The molecule has 1 N–H and O–H groups in total. The molecule has 0 aliphatic rings. The summed E-state index contributed by atoms with van der Waals surface area (Å²) in [6, 6.07) is 3.21. The van der Waals surface area contributed by atoms with Gasteiger partial charge in [-0.3, -0.25) is 0 Å². The molecule has 0 unspecified atom stereocenters. The molecule has 0 saturated heterocycles. The van der Waals surface area contributed by atoms with Gasteiger partial charge in [-0.2, -0.15) is 0 Å². The molecule has 0 heterocycles. The molecule has 0 amide bonds. The number of rotatable bonds is 3. The van der Waals surface area contributed by atoms with Crippen LogP contribution in [0.2, 0.25) is 0 Å². The molecule has 0 bridgehead atoms. The average Bonchev–Trinajstić information content (AvgIpc) is 2.21. The molecule has 15 heavy (non-hydrogen) atoms. The number of hydrogen-bond donors (Lipinski definition) is 1. The van der Waals surface area contributed by atoms with Crippen LogP contribution in [0.25, 0.3) is 0 Å². The number of nitrogens with one attached hydrogen (secondary N) is 1. The summed E-state index contributed by atoms with van der Waals surface area (Å²) in [5, 5.41) is 0. The molecular weight excluding hydrogens is 214 g/mol. The van der Waals surface area contributed by atoms with Crippen LogP contribution >= 0.6 is 0 Å². The van der Waals surface area contributed by atoms with Crippen LogP contribution in [-0.4, -0.2) is 22.6 Å². The van der Waals surface area contributed by atoms with E-state index in [1.807, 2.05) is 6.92 Å². The highest BCUT2D eigenvalue weighted by Gasteiger charge is 2.17. The first-order valence-electron chi connectivity index (χ1n) is 4.51. The zero-order chi connectivity index (χ0) is 11.6. The Labute approximate surface area is 90.3 Å². The number of ether oxygens (including phenoxy) is 1. The minimum Gasteiger partial charge on any atom is -0.496 e. The summed E-state index contributed by atoms with van der Waals surface area (Å²) in [6.07, 6.45) is 0. The maximum absolute atomic E-state index is 11.6. The van der Waals surface area contributed by atoms with Crippen LogP contribution < -0.4 is 9.46 Å². The van der Waals surface area contributed by atoms with Gasteiger partial charge in [-0.25, -0.2) is 13.1 Å². The highest BCUT2D eigenvalue weighted by atomic mass is 32.2. The summed E-state index contributed by atoms with van der Waals surface area (Å²) in [5.41, 5.74) is 1.55. The molecule has 4 nitrogen and oxygen atoms in total. The SMILES string of the molecule is CNS(=O)(=O)c1ccc(OC)c(C)c1C. The molecule has 1 rings (SSSR count). The smallest absolute Gasteiger partial charge is 0.240 e. The van der Waals surface area contributed by atoms with Crippen LogP contribution in [0.15, 0.2) is 17.0 Å². The highest BCUT2D eigenvalue weighted by molar-refractivity contribution is 7.89. The third-order valence-corrected chi connectivity index (χ3v) is 4.02. The van der Waals surface area contributed by atoms with Crippen molar-refractivity contribution in [1.29, 1.82) is 0 Å². The lowest BCUT2D eigenvalue weighted by Gasteiger charge is -2.12. The van der Waals surface area contributed by atoms with Crippen LogP contribution in [0.3, 0.4) is 0 Å². The lowest BCUT2D eigenvalue weighted by molar-refractivity contribution is 0.410. The molecule has 0 aliphatic carbocycles. The highest BCUT2D eigenvalue weighted by Crippen LogP contribution is 2.26. The van der Waals surface area contributed by atoms with Crippen molar-refractivity contribution in [3.05, 3.63) is 23.3 Å². The zero-order valence-corrected chi connectivity index (χ0v) is 10.1. The lowest BCUT2D eigenvalue weighted by atomic mass is 10.1. The second-order valence-corrected chi connectivity index (χ2v) is 5.08. The Morgan fingerprint density at radius 2 is 1.80 bits per heavy atom. The van der Waals surface area contributed by atoms with Gasteiger partial charge in [-0.15, -0.1) is 0 Å². The molecule has 0 fully saturated rings. The molecule has 5 heteroatoms. The van der Waals surface area contributed by atoms with Gasteiger partial charge in [0, 0.05) is 0 Å². The van der Waals surface area contributed by atoms with Gasteiger partial charge in [0.25, 0.3) is 0 Å². The van der Waals surface area contributed by atoms with E-state index in [1.165, 1.54) is 7.05 Å². The first kappa shape index (κ1) is 12.0. The standard InChI is InChI=1S/C10H15NO3S/c1-7-8(2)10(15(12,13)11-3)6-5-9(7)14-4/h5-6,11H,1-4H3. The average molecular weight is 229 g/mol. The van der Waals surface area contributed by atoms with Crippen molar-refractivity contribution in [2.75, 3.05) is 14.2 Å². The molecule has 0 spiro atoms. The number of hydrogen-bond acceptors (Lipinski definition) is 3. The molecule has 0 aliphatic heterocycles. The van der Waals surface area contributed by atoms with Gasteiger partial charge < -0.3 is 4.74 Å². The molecule has 0 saturated carbocycles. The number of methoxy groups -OCH3 is 1. The number of benzene rings is 1. The second-order valence-electron chi connectivity index (χ2n) is 3.22. The van der Waals surface area contributed by atoms with E-state index in [4.69, 9.17) is 4.74 Å². The minimum atomic E-state index is -3.38. The maximum Gasteiger partial charge on any atom is 0.240 e. The first-order valence-corrected chi connectivity index (χ1v) is 6.00. The Hall–Kier alpha value is -1.07. The van der Waals surface area contributed by atoms with E-state index in [-0.39, 0.29) is 0 Å². The van der Waals surface area contributed by atoms with Crippen molar-refractivity contribution in [2.45, 2.75) is 18.7 Å². The quantitative estimate of drug-likeness (QED) is 0.848. The van der Waals surface area contributed by atoms with Crippen molar-refractivity contribution in [3.63, 3.8) is 0 Å². The Bertz CT molecular complexity index is 466. The molecule has 0 aromatic heterocycles. The van der Waals surface area contributed by atoms with Crippen LogP contribution in [0, 0.1) is 13.8 Å². The molecule has 84 valence electrons. The molecule has 0 atom stereocenters. The molecule has 1 aromatic carbocycles. The van der Waals surface area contributed by atoms with Gasteiger partial charge in [0.05, 0.1) is 12.0 Å². The van der Waals surface area contributed by atoms with Gasteiger partial charge in [0.1, 0.15) is 5.75 Å². The lowest BCUT2D eigenvalue weighted by Crippen LogP contribution is -2.20. The van der Waals surface area contributed by atoms with Crippen LogP contribution in [0.1, 0.15) is 11.1 Å². The van der Waals surface area contributed by atoms with Crippen molar-refractivity contribution in [1.82, 2.24) is 4.72 Å². The van der Waals surface area contributed by atoms with Crippen LogP contribution in [-0.2, 0) is 10.0 Å². The van der Waals surface area contributed by atoms with E-state index in [0.717, 1.165) is 5.56 Å². The van der Waals surface area contributed by atoms with Gasteiger partial charge in [0.15, 0.2) is 0 Å². The fourth-order valence-electron chi connectivity index (χ4n) is 1.39. The topological polar surface area (TPSA) is 55.4 Å². The molecule has 0 radical (unpaired) electrons. The summed E-state index contributed by atoms with van der Waals surface area (Å²) in [5.74, 6) is 0.697. The van der Waals surface area contributed by atoms with Crippen LogP contribution in [0.5, 0.6) is 5.75 Å². The predicted octanol–water partition coefficient (Wildman–Crippen LogP) is 1.22. The second kappa shape index (κ2) is 4.20. The maximum atomic E-state index is 11.6. The van der Waals surface area contributed by atoms with Gasteiger partial charge in [-0.1, -0.05) is 0 Å². The fraction of sp³-hybridized carbons (Fsp3) is 0.400. The van der Waals surface area contributed by atoms with Crippen molar-refractivity contribution >= 4 is 10.0 Å². The summed E-state index contributed by atoms with van der Waals surface area (Å²) in [7, 11) is -0.421. The van der Waals surface area contributed by atoms with E-state index in [2.05, 4.69) is 4.72 Å². The monoisotopic (exact) mass is 229 g/mol. The number of sulfonamides is 1. The predicted molar refractivity (Wildman–Crippen MR) is 58.7 cm³/mol. The van der Waals surface area contributed by atoms with E-state index in [1.54, 1.807) is 26.2 Å². The van der Waals surface area contributed by atoms with E-state index in [9.17, 15) is 8.42 Å².